The van der Waals surface area contributed by atoms with Gasteiger partial charge in [-0.2, -0.15) is 0 Å². The van der Waals surface area contributed by atoms with Crippen LogP contribution in [0.5, 0.6) is 0 Å². The van der Waals surface area contributed by atoms with E-state index in [4.69, 9.17) is 5.11 Å². The SMILES string of the molecule is O=C(O)C1CCC1C(=O)N[C@@H]1CCC[C@H]1c1ccccc1. The number of carbonyl (C=O) groups is 2. The van der Waals surface area contributed by atoms with E-state index in [0.717, 1.165) is 19.3 Å². The van der Waals surface area contributed by atoms with Crippen LogP contribution in [-0.4, -0.2) is 23.0 Å². The quantitative estimate of drug-likeness (QED) is 0.894. The maximum atomic E-state index is 12.3. The summed E-state index contributed by atoms with van der Waals surface area (Å²) in [6.07, 6.45) is 4.50. The van der Waals surface area contributed by atoms with Crippen LogP contribution in [0, 0.1) is 11.8 Å². The third-order valence-corrected chi connectivity index (χ3v) is 5.00. The summed E-state index contributed by atoms with van der Waals surface area (Å²) < 4.78 is 0. The number of carboxylic acids is 1. The molecule has 0 saturated heterocycles. The first kappa shape index (κ1) is 14.1. The standard InChI is InChI=1S/C17H21NO3/c19-16(13-9-10-14(13)17(20)21)18-15-8-4-7-12(15)11-5-2-1-3-6-11/h1-3,5-6,12-15H,4,7-10H2,(H,18,19)(H,20,21)/t12-,13?,14?,15+/m0/s1. The van der Waals surface area contributed by atoms with Crippen LogP contribution in [0.3, 0.4) is 0 Å². The fraction of sp³-hybridized carbons (Fsp3) is 0.529. The Balaban J connectivity index is 1.64. The van der Waals surface area contributed by atoms with Crippen molar-refractivity contribution in [3.8, 4) is 0 Å². The lowest BCUT2D eigenvalue weighted by molar-refractivity contribution is -0.153. The van der Waals surface area contributed by atoms with E-state index in [-0.39, 0.29) is 17.9 Å². The van der Waals surface area contributed by atoms with Crippen molar-refractivity contribution in [1.29, 1.82) is 0 Å². The Morgan fingerprint density at radius 3 is 2.33 bits per heavy atom. The molecule has 2 N–H and O–H groups in total. The van der Waals surface area contributed by atoms with Gasteiger partial charge in [0.2, 0.25) is 5.91 Å². The second-order valence-electron chi connectivity index (χ2n) is 6.19. The van der Waals surface area contributed by atoms with Gasteiger partial charge in [-0.25, -0.2) is 0 Å². The molecule has 2 aliphatic rings. The molecule has 0 aromatic heterocycles. The van der Waals surface area contributed by atoms with Crippen molar-refractivity contribution < 1.29 is 14.7 Å². The second kappa shape index (κ2) is 5.88. The lowest BCUT2D eigenvalue weighted by atomic mass is 9.73. The summed E-state index contributed by atoms with van der Waals surface area (Å²) >= 11 is 0. The molecule has 112 valence electrons. The number of hydrogen-bond acceptors (Lipinski definition) is 2. The van der Waals surface area contributed by atoms with Gasteiger partial charge in [0.1, 0.15) is 0 Å². The number of carboxylic acid groups (broad SMARTS) is 1. The molecule has 0 heterocycles. The Hall–Kier alpha value is -1.84. The van der Waals surface area contributed by atoms with Gasteiger partial charge >= 0.3 is 5.97 Å². The Bertz CT molecular complexity index is 528. The molecule has 1 aromatic carbocycles. The van der Waals surface area contributed by atoms with Crippen LogP contribution in [-0.2, 0) is 9.59 Å². The average molecular weight is 287 g/mol. The van der Waals surface area contributed by atoms with Crippen molar-refractivity contribution in [2.75, 3.05) is 0 Å². The molecule has 0 spiro atoms. The van der Waals surface area contributed by atoms with Crippen LogP contribution in [0.15, 0.2) is 30.3 Å². The molecule has 0 bridgehead atoms. The molecule has 2 fully saturated rings. The lowest BCUT2D eigenvalue weighted by Crippen LogP contribution is -2.47. The van der Waals surface area contributed by atoms with Gasteiger partial charge < -0.3 is 10.4 Å². The summed E-state index contributed by atoms with van der Waals surface area (Å²) in [6, 6.07) is 10.4. The molecule has 3 rings (SSSR count). The minimum atomic E-state index is -0.840. The molecule has 1 amide bonds. The Kier molecular flexibility index (Phi) is 3.95. The normalized spacial score (nSPS) is 31.4. The van der Waals surface area contributed by atoms with Crippen molar-refractivity contribution >= 4 is 11.9 Å². The molecule has 1 aromatic rings. The van der Waals surface area contributed by atoms with E-state index in [0.29, 0.717) is 18.8 Å². The summed E-state index contributed by atoms with van der Waals surface area (Å²) in [5.74, 6) is -1.37. The van der Waals surface area contributed by atoms with Crippen LogP contribution < -0.4 is 5.32 Å². The zero-order chi connectivity index (χ0) is 14.8. The van der Waals surface area contributed by atoms with Gasteiger partial charge in [0.05, 0.1) is 11.8 Å². The number of aliphatic carboxylic acids is 1. The van der Waals surface area contributed by atoms with E-state index in [1.165, 1.54) is 5.56 Å². The summed E-state index contributed by atoms with van der Waals surface area (Å²) in [5.41, 5.74) is 1.27. The molecule has 2 unspecified atom stereocenters. The summed E-state index contributed by atoms with van der Waals surface area (Å²) in [5, 5.41) is 12.2. The average Bonchev–Trinajstić information content (AvgIpc) is 2.85. The van der Waals surface area contributed by atoms with Crippen LogP contribution in [0.4, 0.5) is 0 Å². The van der Waals surface area contributed by atoms with Crippen LogP contribution >= 0.6 is 0 Å². The van der Waals surface area contributed by atoms with E-state index >= 15 is 0 Å². The highest BCUT2D eigenvalue weighted by Crippen LogP contribution is 2.37. The summed E-state index contributed by atoms with van der Waals surface area (Å²) in [7, 11) is 0. The first-order chi connectivity index (χ1) is 10.2. The van der Waals surface area contributed by atoms with Crippen LogP contribution in [0.1, 0.15) is 43.6 Å². The largest absolute Gasteiger partial charge is 0.481 e. The number of rotatable bonds is 4. The smallest absolute Gasteiger partial charge is 0.307 e. The number of benzene rings is 1. The maximum Gasteiger partial charge on any atom is 0.307 e. The monoisotopic (exact) mass is 287 g/mol. The van der Waals surface area contributed by atoms with Crippen molar-refractivity contribution in [1.82, 2.24) is 5.32 Å². The fourth-order valence-electron chi connectivity index (χ4n) is 3.63. The van der Waals surface area contributed by atoms with Gasteiger partial charge in [-0.3, -0.25) is 9.59 Å². The van der Waals surface area contributed by atoms with Crippen molar-refractivity contribution in [2.24, 2.45) is 11.8 Å². The van der Waals surface area contributed by atoms with Gasteiger partial charge in [0.25, 0.3) is 0 Å². The molecule has 2 saturated carbocycles. The first-order valence-corrected chi connectivity index (χ1v) is 7.75. The van der Waals surface area contributed by atoms with Gasteiger partial charge in [0.15, 0.2) is 0 Å². The minimum absolute atomic E-state index is 0.0681. The number of carbonyl (C=O) groups excluding carboxylic acids is 1. The van der Waals surface area contributed by atoms with Gasteiger partial charge in [0, 0.05) is 12.0 Å². The van der Waals surface area contributed by atoms with Gasteiger partial charge in [-0.15, -0.1) is 0 Å². The van der Waals surface area contributed by atoms with Crippen LogP contribution in [0.25, 0.3) is 0 Å². The van der Waals surface area contributed by atoms with E-state index in [1.54, 1.807) is 0 Å². The van der Waals surface area contributed by atoms with E-state index in [9.17, 15) is 9.59 Å². The van der Waals surface area contributed by atoms with Gasteiger partial charge in [-0.1, -0.05) is 36.8 Å². The van der Waals surface area contributed by atoms with Crippen molar-refractivity contribution in [3.05, 3.63) is 35.9 Å². The van der Waals surface area contributed by atoms with Crippen molar-refractivity contribution in [2.45, 2.75) is 44.1 Å². The Morgan fingerprint density at radius 1 is 1.00 bits per heavy atom. The first-order valence-electron chi connectivity index (χ1n) is 7.75. The highest BCUT2D eigenvalue weighted by atomic mass is 16.4. The fourth-order valence-corrected chi connectivity index (χ4v) is 3.63. The third kappa shape index (κ3) is 2.80. The number of amides is 1. The zero-order valence-corrected chi connectivity index (χ0v) is 12.0. The summed E-state index contributed by atoms with van der Waals surface area (Å²) in [4.78, 5) is 23.3. The van der Waals surface area contributed by atoms with Crippen LogP contribution in [0.2, 0.25) is 0 Å². The molecule has 4 nitrogen and oxygen atoms in total. The molecule has 0 aliphatic heterocycles. The Morgan fingerprint density at radius 2 is 1.71 bits per heavy atom. The zero-order valence-electron chi connectivity index (χ0n) is 12.0. The van der Waals surface area contributed by atoms with Gasteiger partial charge in [-0.05, 0) is 31.2 Å². The topological polar surface area (TPSA) is 66.4 Å². The number of nitrogens with one attached hydrogen (secondary N) is 1. The highest BCUT2D eigenvalue weighted by Gasteiger charge is 2.42. The molecule has 4 heteroatoms. The summed E-state index contributed by atoms with van der Waals surface area (Å²) in [6.45, 7) is 0. The number of hydrogen-bond donors (Lipinski definition) is 2. The predicted octanol–water partition coefficient (Wildman–Crippen LogP) is 2.55. The molecule has 4 atom stereocenters. The molecule has 2 aliphatic carbocycles. The van der Waals surface area contributed by atoms with E-state index in [2.05, 4.69) is 17.4 Å². The predicted molar refractivity (Wildman–Crippen MR) is 78.8 cm³/mol. The maximum absolute atomic E-state index is 12.3. The molecule has 21 heavy (non-hydrogen) atoms. The minimum Gasteiger partial charge on any atom is -0.481 e. The van der Waals surface area contributed by atoms with Crippen molar-refractivity contribution in [3.63, 3.8) is 0 Å². The highest BCUT2D eigenvalue weighted by molar-refractivity contribution is 5.86. The Labute approximate surface area is 124 Å². The third-order valence-electron chi connectivity index (χ3n) is 5.00. The second-order valence-corrected chi connectivity index (χ2v) is 6.19. The lowest BCUT2D eigenvalue weighted by Gasteiger charge is -2.33. The molecule has 0 radical (unpaired) electrons. The van der Waals surface area contributed by atoms with E-state index < -0.39 is 11.9 Å². The molecular formula is C17H21NO3. The molecular weight excluding hydrogens is 266 g/mol. The van der Waals surface area contributed by atoms with E-state index in [1.807, 2.05) is 18.2 Å².